The Morgan fingerprint density at radius 1 is 0.968 bits per heavy atom. The predicted molar refractivity (Wildman–Crippen MR) is 93.0 cm³/mol. The molecule has 3 aromatic rings. The molecule has 1 amide bonds. The molecule has 31 heavy (non-hydrogen) atoms. The third kappa shape index (κ3) is 5.05. The summed E-state index contributed by atoms with van der Waals surface area (Å²) in [6, 6.07) is 3.06. The summed E-state index contributed by atoms with van der Waals surface area (Å²) in [4.78, 5) is 19.1. The lowest BCUT2D eigenvalue weighted by Crippen LogP contribution is -2.14. The minimum absolute atomic E-state index is 0.0220. The number of benzene rings is 1. The maximum atomic E-state index is 13.0. The van der Waals surface area contributed by atoms with Crippen molar-refractivity contribution in [2.45, 2.75) is 12.4 Å². The first kappa shape index (κ1) is 21.9. The number of nitrogens with two attached hydrogens (primary N) is 1. The number of alkyl halides is 6. The molecule has 0 aliphatic heterocycles. The van der Waals surface area contributed by atoms with Gasteiger partial charge in [0.25, 0.3) is 5.91 Å². The third-order valence-corrected chi connectivity index (χ3v) is 3.88. The van der Waals surface area contributed by atoms with Crippen molar-refractivity contribution in [1.29, 1.82) is 0 Å². The Morgan fingerprint density at radius 3 is 2.06 bits per heavy atom. The smallest absolute Gasteiger partial charge is 0.365 e. The minimum atomic E-state index is -5.04. The predicted octanol–water partition coefficient (Wildman–Crippen LogP) is 4.00. The Morgan fingerprint density at radius 2 is 1.58 bits per heavy atom. The van der Waals surface area contributed by atoms with Crippen molar-refractivity contribution >= 4 is 17.7 Å². The lowest BCUT2D eigenvalue weighted by molar-refractivity contribution is -0.143. The van der Waals surface area contributed by atoms with E-state index >= 15 is 0 Å². The molecule has 13 heteroatoms. The van der Waals surface area contributed by atoms with Crippen molar-refractivity contribution in [2.24, 2.45) is 5.73 Å². The molecule has 2 aromatic heterocycles. The second kappa shape index (κ2) is 7.81. The fraction of sp³-hybridized carbons (Fsp3) is 0.111. The summed E-state index contributed by atoms with van der Waals surface area (Å²) in [5.41, 5.74) is 1.36. The van der Waals surface area contributed by atoms with Gasteiger partial charge in [0.2, 0.25) is 0 Å². The molecule has 0 radical (unpaired) electrons. The van der Waals surface area contributed by atoms with E-state index in [9.17, 15) is 35.5 Å². The van der Waals surface area contributed by atoms with E-state index in [1.165, 1.54) is 0 Å². The standard InChI is InChI=1S/C18H10F7N5O/c19-12-1-2-14(27-6-12)13(15(26)31)7-30-8-28-16(29-30)9-3-10(17(20,21)22)5-11(4-9)18(23,24)25/h1-8H,(H2,26,31)/b13-7+. The molecule has 162 valence electrons. The molecule has 2 N–H and O–H groups in total. The van der Waals surface area contributed by atoms with Gasteiger partial charge in [0.1, 0.15) is 12.1 Å². The number of carbonyl (C=O) groups is 1. The number of nitrogens with zero attached hydrogens (tertiary/aromatic N) is 4. The van der Waals surface area contributed by atoms with Gasteiger partial charge in [0.15, 0.2) is 5.82 Å². The first-order valence-corrected chi connectivity index (χ1v) is 8.19. The lowest BCUT2D eigenvalue weighted by atomic mass is 10.0. The molecule has 0 fully saturated rings. The van der Waals surface area contributed by atoms with Crippen LogP contribution in [-0.2, 0) is 17.1 Å². The fourth-order valence-corrected chi connectivity index (χ4v) is 2.48. The normalized spacial score (nSPS) is 12.8. The van der Waals surface area contributed by atoms with E-state index < -0.39 is 46.6 Å². The number of pyridine rings is 1. The van der Waals surface area contributed by atoms with Crippen LogP contribution in [0, 0.1) is 5.82 Å². The van der Waals surface area contributed by atoms with E-state index in [0.717, 1.165) is 35.5 Å². The molecule has 0 unspecified atom stereocenters. The van der Waals surface area contributed by atoms with Crippen molar-refractivity contribution in [2.75, 3.05) is 0 Å². The van der Waals surface area contributed by atoms with Crippen LogP contribution < -0.4 is 5.73 Å². The Bertz CT molecular complexity index is 1120. The van der Waals surface area contributed by atoms with Gasteiger partial charge in [-0.15, -0.1) is 5.10 Å². The van der Waals surface area contributed by atoms with Crippen molar-refractivity contribution in [3.8, 4) is 11.4 Å². The Hall–Kier alpha value is -3.77. The largest absolute Gasteiger partial charge is 0.416 e. The number of aromatic nitrogens is 4. The fourth-order valence-electron chi connectivity index (χ4n) is 2.48. The lowest BCUT2D eigenvalue weighted by Gasteiger charge is -2.13. The van der Waals surface area contributed by atoms with E-state index in [-0.39, 0.29) is 17.3 Å². The van der Waals surface area contributed by atoms with Crippen molar-refractivity contribution in [1.82, 2.24) is 19.7 Å². The van der Waals surface area contributed by atoms with Crippen molar-refractivity contribution in [3.05, 3.63) is 65.5 Å². The van der Waals surface area contributed by atoms with Crippen LogP contribution >= 0.6 is 0 Å². The summed E-state index contributed by atoms with van der Waals surface area (Å²) in [7, 11) is 0. The number of hydrogen-bond donors (Lipinski definition) is 1. The average molecular weight is 445 g/mol. The molecule has 0 aliphatic carbocycles. The Kier molecular flexibility index (Phi) is 5.53. The van der Waals surface area contributed by atoms with E-state index in [0.29, 0.717) is 12.1 Å². The van der Waals surface area contributed by atoms with Crippen LogP contribution in [0.3, 0.4) is 0 Å². The molecular formula is C18H10F7N5O. The minimum Gasteiger partial charge on any atom is -0.365 e. The van der Waals surface area contributed by atoms with Crippen LogP contribution in [0.5, 0.6) is 0 Å². The van der Waals surface area contributed by atoms with Crippen LogP contribution in [-0.4, -0.2) is 25.7 Å². The maximum absolute atomic E-state index is 13.0. The van der Waals surface area contributed by atoms with Crippen molar-refractivity contribution < 1.29 is 35.5 Å². The van der Waals surface area contributed by atoms with Crippen LogP contribution in [0.25, 0.3) is 23.2 Å². The first-order chi connectivity index (χ1) is 14.3. The second-order valence-corrected chi connectivity index (χ2v) is 6.11. The number of primary amides is 1. The molecule has 2 heterocycles. The Labute approximate surface area is 168 Å². The monoisotopic (exact) mass is 445 g/mol. The zero-order chi connectivity index (χ0) is 23.0. The van der Waals surface area contributed by atoms with Gasteiger partial charge in [-0.2, -0.15) is 26.3 Å². The summed E-state index contributed by atoms with van der Waals surface area (Å²) in [5, 5.41) is 3.78. The van der Waals surface area contributed by atoms with E-state index in [1.807, 2.05) is 0 Å². The topological polar surface area (TPSA) is 86.7 Å². The molecule has 0 spiro atoms. The quantitative estimate of drug-likeness (QED) is 0.486. The van der Waals surface area contributed by atoms with Gasteiger partial charge < -0.3 is 5.73 Å². The average Bonchev–Trinajstić information content (AvgIpc) is 3.14. The van der Waals surface area contributed by atoms with E-state index in [1.54, 1.807) is 0 Å². The van der Waals surface area contributed by atoms with Gasteiger partial charge in [-0.3, -0.25) is 9.78 Å². The summed E-state index contributed by atoms with van der Waals surface area (Å²) in [6.07, 6.45) is -7.31. The van der Waals surface area contributed by atoms with Gasteiger partial charge in [-0.25, -0.2) is 14.1 Å². The van der Waals surface area contributed by atoms with Gasteiger partial charge in [0.05, 0.1) is 28.6 Å². The van der Waals surface area contributed by atoms with Crippen LogP contribution in [0.1, 0.15) is 16.8 Å². The van der Waals surface area contributed by atoms with Crippen LogP contribution in [0.2, 0.25) is 0 Å². The molecule has 6 nitrogen and oxygen atoms in total. The van der Waals surface area contributed by atoms with Gasteiger partial charge in [-0.05, 0) is 30.3 Å². The molecule has 3 rings (SSSR count). The highest BCUT2D eigenvalue weighted by Gasteiger charge is 2.37. The number of hydrogen-bond acceptors (Lipinski definition) is 4. The zero-order valence-corrected chi connectivity index (χ0v) is 15.0. The summed E-state index contributed by atoms with van der Waals surface area (Å²) in [6.45, 7) is 0. The molecule has 0 aliphatic rings. The molecule has 0 bridgehead atoms. The number of amides is 1. The molecular weight excluding hydrogens is 435 g/mol. The van der Waals surface area contributed by atoms with Gasteiger partial charge in [-0.1, -0.05) is 0 Å². The SMILES string of the molecule is NC(=O)/C(=C/n1cnc(-c2cc(C(F)(F)F)cc(C(F)(F)F)c2)n1)c1ccc(F)cn1. The first-order valence-electron chi connectivity index (χ1n) is 8.19. The zero-order valence-electron chi connectivity index (χ0n) is 15.0. The molecule has 0 atom stereocenters. The summed E-state index contributed by atoms with van der Waals surface area (Å²) in [5.74, 6) is -2.14. The van der Waals surface area contributed by atoms with Crippen LogP contribution in [0.15, 0.2) is 42.9 Å². The van der Waals surface area contributed by atoms with E-state index in [2.05, 4.69) is 15.1 Å². The maximum Gasteiger partial charge on any atom is 0.416 e. The molecule has 1 aromatic carbocycles. The highest BCUT2D eigenvalue weighted by atomic mass is 19.4. The highest BCUT2D eigenvalue weighted by molar-refractivity contribution is 6.21. The van der Waals surface area contributed by atoms with Gasteiger partial charge >= 0.3 is 12.4 Å². The molecule has 0 saturated carbocycles. The number of rotatable bonds is 4. The third-order valence-electron chi connectivity index (χ3n) is 3.88. The van der Waals surface area contributed by atoms with Gasteiger partial charge in [0, 0.05) is 11.8 Å². The highest BCUT2D eigenvalue weighted by Crippen LogP contribution is 2.38. The summed E-state index contributed by atoms with van der Waals surface area (Å²) < 4.78 is 92.0. The number of halogens is 7. The van der Waals surface area contributed by atoms with E-state index in [4.69, 9.17) is 5.73 Å². The van der Waals surface area contributed by atoms with Crippen molar-refractivity contribution in [3.63, 3.8) is 0 Å². The number of carbonyl (C=O) groups excluding carboxylic acids is 1. The molecule has 0 saturated heterocycles. The summed E-state index contributed by atoms with van der Waals surface area (Å²) >= 11 is 0. The van der Waals surface area contributed by atoms with Crippen LogP contribution in [0.4, 0.5) is 30.7 Å². The Balaban J connectivity index is 2.06. The second-order valence-electron chi connectivity index (χ2n) is 6.11.